The number of benzene rings is 1. The van der Waals surface area contributed by atoms with Gasteiger partial charge in [0.25, 0.3) is 0 Å². The summed E-state index contributed by atoms with van der Waals surface area (Å²) in [5.41, 5.74) is -0.374. The molecule has 1 aromatic rings. The van der Waals surface area contributed by atoms with Gasteiger partial charge in [0.15, 0.2) is 0 Å². The molecule has 36 heavy (non-hydrogen) atoms. The van der Waals surface area contributed by atoms with Crippen molar-refractivity contribution < 1.29 is 24.2 Å². The molecule has 3 heterocycles. The lowest BCUT2D eigenvalue weighted by Gasteiger charge is -2.39. The monoisotopic (exact) mass is 497 g/mol. The van der Waals surface area contributed by atoms with Crippen molar-refractivity contribution in [3.05, 3.63) is 30.3 Å². The highest BCUT2D eigenvalue weighted by Gasteiger charge is 2.75. The number of carbonyl (C=O) groups excluding carboxylic acids is 3. The van der Waals surface area contributed by atoms with Gasteiger partial charge in [0.2, 0.25) is 17.7 Å². The van der Waals surface area contributed by atoms with Gasteiger partial charge >= 0.3 is 0 Å². The van der Waals surface area contributed by atoms with Gasteiger partial charge in [0, 0.05) is 11.7 Å². The third-order valence-electron chi connectivity index (χ3n) is 9.13. The van der Waals surface area contributed by atoms with Gasteiger partial charge in [-0.2, -0.15) is 0 Å². The molecule has 196 valence electrons. The molecule has 3 amide bonds. The largest absolute Gasteiger partial charge is 0.394 e. The van der Waals surface area contributed by atoms with E-state index in [1.807, 2.05) is 44.2 Å². The van der Waals surface area contributed by atoms with Crippen LogP contribution in [0.3, 0.4) is 0 Å². The maximum Gasteiger partial charge on any atom is 0.246 e. The van der Waals surface area contributed by atoms with Gasteiger partial charge in [-0.15, -0.1) is 0 Å². The summed E-state index contributed by atoms with van der Waals surface area (Å²) in [6.45, 7) is 3.78. The van der Waals surface area contributed by atoms with Crippen molar-refractivity contribution in [2.45, 2.75) is 95.0 Å². The van der Waals surface area contributed by atoms with Crippen LogP contribution in [0.25, 0.3) is 0 Å². The lowest BCUT2D eigenvalue weighted by Crippen LogP contribution is -2.60. The van der Waals surface area contributed by atoms with Crippen molar-refractivity contribution >= 4 is 23.4 Å². The maximum atomic E-state index is 14.1. The highest BCUT2D eigenvalue weighted by Crippen LogP contribution is 2.59. The number of hydrogen-bond acceptors (Lipinski definition) is 5. The van der Waals surface area contributed by atoms with E-state index in [4.69, 9.17) is 4.74 Å². The Morgan fingerprint density at radius 1 is 1.14 bits per heavy atom. The van der Waals surface area contributed by atoms with E-state index in [-0.39, 0.29) is 36.3 Å². The zero-order valence-electron chi connectivity index (χ0n) is 21.3. The number of hydrogen-bond donors (Lipinski definition) is 3. The molecule has 3 saturated heterocycles. The number of para-hydroxylation sites is 1. The summed E-state index contributed by atoms with van der Waals surface area (Å²) >= 11 is 0. The number of aliphatic hydroxyl groups excluding tert-OH is 1. The highest BCUT2D eigenvalue weighted by molar-refractivity contribution is 6.02. The van der Waals surface area contributed by atoms with Crippen molar-refractivity contribution in [3.8, 4) is 0 Å². The number of fused-ring (bicyclic) bond motifs is 1. The van der Waals surface area contributed by atoms with Gasteiger partial charge in [-0.05, 0) is 43.7 Å². The first-order valence-electron chi connectivity index (χ1n) is 13.7. The Bertz CT molecular complexity index is 981. The van der Waals surface area contributed by atoms with E-state index in [0.717, 1.165) is 32.1 Å². The number of rotatable bonds is 8. The van der Waals surface area contributed by atoms with Crippen LogP contribution in [0, 0.1) is 17.8 Å². The zero-order chi connectivity index (χ0) is 25.4. The highest BCUT2D eigenvalue weighted by atomic mass is 16.5. The Balaban J connectivity index is 1.48. The van der Waals surface area contributed by atoms with Gasteiger partial charge in [-0.25, -0.2) is 0 Å². The van der Waals surface area contributed by atoms with Crippen LogP contribution in [0.1, 0.15) is 65.2 Å². The van der Waals surface area contributed by atoms with Crippen LogP contribution in [-0.2, 0) is 19.1 Å². The van der Waals surface area contributed by atoms with E-state index in [0.29, 0.717) is 18.5 Å². The van der Waals surface area contributed by atoms with E-state index in [1.165, 1.54) is 6.42 Å². The van der Waals surface area contributed by atoms with Crippen molar-refractivity contribution in [3.63, 3.8) is 0 Å². The first-order chi connectivity index (χ1) is 17.4. The van der Waals surface area contributed by atoms with Crippen LogP contribution >= 0.6 is 0 Å². The molecule has 1 aliphatic carbocycles. The number of likely N-dealkylation sites (tertiary alicyclic amines) is 1. The second kappa shape index (κ2) is 10.1. The Morgan fingerprint density at radius 2 is 1.86 bits per heavy atom. The molecule has 7 atom stereocenters. The van der Waals surface area contributed by atoms with Crippen molar-refractivity contribution in [2.24, 2.45) is 17.8 Å². The predicted octanol–water partition coefficient (Wildman–Crippen LogP) is 2.86. The Hall–Kier alpha value is -2.45. The van der Waals surface area contributed by atoms with Crippen LogP contribution in [0.15, 0.2) is 30.3 Å². The van der Waals surface area contributed by atoms with Crippen molar-refractivity contribution in [1.29, 1.82) is 0 Å². The minimum Gasteiger partial charge on any atom is -0.394 e. The fraction of sp³-hybridized carbons (Fsp3) is 0.679. The number of ether oxygens (including phenoxy) is 1. The minimum atomic E-state index is -1.04. The normalized spacial score (nSPS) is 33.3. The molecule has 0 aromatic heterocycles. The molecule has 3 N–H and O–H groups in total. The molecule has 1 saturated carbocycles. The Morgan fingerprint density at radius 3 is 2.53 bits per heavy atom. The van der Waals surface area contributed by atoms with Crippen molar-refractivity contribution in [2.75, 3.05) is 11.9 Å². The van der Waals surface area contributed by atoms with Crippen LogP contribution in [0.4, 0.5) is 5.69 Å². The van der Waals surface area contributed by atoms with E-state index >= 15 is 0 Å². The second-order valence-electron chi connectivity index (χ2n) is 11.1. The smallest absolute Gasteiger partial charge is 0.246 e. The summed E-state index contributed by atoms with van der Waals surface area (Å²) in [6.07, 6.45) is 6.75. The molecule has 1 spiro atoms. The fourth-order valence-electron chi connectivity index (χ4n) is 7.14. The summed E-state index contributed by atoms with van der Waals surface area (Å²) < 4.78 is 6.52. The van der Waals surface area contributed by atoms with Crippen LogP contribution in [0.5, 0.6) is 0 Å². The molecule has 0 radical (unpaired) electrons. The molecule has 3 aliphatic heterocycles. The summed E-state index contributed by atoms with van der Waals surface area (Å²) in [7, 11) is 0. The molecule has 5 rings (SSSR count). The first kappa shape index (κ1) is 25.2. The van der Waals surface area contributed by atoms with E-state index in [2.05, 4.69) is 10.6 Å². The average Bonchev–Trinajstić information content (AvgIpc) is 3.53. The summed E-state index contributed by atoms with van der Waals surface area (Å²) in [5.74, 6) is -2.10. The molecule has 4 aliphatic rings. The summed E-state index contributed by atoms with van der Waals surface area (Å²) in [4.78, 5) is 43.2. The predicted molar refractivity (Wildman–Crippen MR) is 135 cm³/mol. The zero-order valence-corrected chi connectivity index (χ0v) is 21.3. The van der Waals surface area contributed by atoms with Gasteiger partial charge in [0.1, 0.15) is 11.6 Å². The second-order valence-corrected chi connectivity index (χ2v) is 11.1. The van der Waals surface area contributed by atoms with E-state index < -0.39 is 35.6 Å². The number of aliphatic hydroxyl groups is 1. The molecular formula is C28H39N3O5. The summed E-state index contributed by atoms with van der Waals surface area (Å²) in [6, 6.07) is 7.94. The molecule has 8 heteroatoms. The number of nitrogens with zero attached hydrogens (tertiary/aromatic N) is 1. The van der Waals surface area contributed by atoms with Gasteiger partial charge in [0.05, 0.1) is 30.6 Å². The van der Waals surface area contributed by atoms with Crippen LogP contribution in [-0.4, -0.2) is 64.2 Å². The van der Waals surface area contributed by atoms with Crippen LogP contribution in [0.2, 0.25) is 0 Å². The molecule has 1 aromatic carbocycles. The summed E-state index contributed by atoms with van der Waals surface area (Å²) in [5, 5.41) is 16.6. The molecular weight excluding hydrogens is 458 g/mol. The lowest BCUT2D eigenvalue weighted by atomic mass is 9.70. The number of anilines is 1. The van der Waals surface area contributed by atoms with E-state index in [1.54, 1.807) is 4.90 Å². The molecule has 2 bridgehead atoms. The third kappa shape index (κ3) is 4.12. The lowest BCUT2D eigenvalue weighted by molar-refractivity contribution is -0.147. The quantitative estimate of drug-likeness (QED) is 0.512. The van der Waals surface area contributed by atoms with Crippen LogP contribution < -0.4 is 10.6 Å². The number of nitrogens with one attached hydrogen (secondary N) is 2. The topological polar surface area (TPSA) is 108 Å². The Labute approximate surface area is 213 Å². The Kier molecular flexibility index (Phi) is 7.10. The van der Waals surface area contributed by atoms with Crippen molar-refractivity contribution in [1.82, 2.24) is 10.2 Å². The van der Waals surface area contributed by atoms with Gasteiger partial charge < -0.3 is 25.4 Å². The van der Waals surface area contributed by atoms with Gasteiger partial charge in [-0.1, -0.05) is 57.7 Å². The first-order valence-corrected chi connectivity index (χ1v) is 13.7. The molecule has 2 unspecified atom stereocenters. The number of carbonyl (C=O) groups is 3. The maximum absolute atomic E-state index is 14.1. The molecule has 8 nitrogen and oxygen atoms in total. The van der Waals surface area contributed by atoms with E-state index in [9.17, 15) is 19.5 Å². The fourth-order valence-corrected chi connectivity index (χ4v) is 7.14. The minimum absolute atomic E-state index is 0.00653. The SMILES string of the molecule is CC[C@H](C)[C@H](CO)N1C(=O)[C@@H]2[C@H](C(=O)Nc3ccccc3)[C@@H]3CCC2(O3)C1C(=O)NC1CCCCC1. The third-order valence-corrected chi connectivity index (χ3v) is 9.13. The van der Waals surface area contributed by atoms with Gasteiger partial charge in [-0.3, -0.25) is 14.4 Å². The molecule has 4 fully saturated rings. The average molecular weight is 498 g/mol. The number of amides is 3. The standard InChI is InChI=1S/C28H39N3O5/c1-3-17(2)20(16-32)31-24(26(34)30-19-12-8-5-9-13-19)28-15-14-21(36-28)22(23(28)27(31)35)25(33)29-18-10-6-4-7-11-18/h4,6-7,10-11,17,19-24,32H,3,5,8-9,12-16H2,1-2H3,(H,29,33)(H,30,34)/t17-,20-,21-,22+,23-,24?,28?/m0/s1.